The largest absolute Gasteiger partial charge is 0.372 e. The highest BCUT2D eigenvalue weighted by molar-refractivity contribution is 5.95. The van der Waals surface area contributed by atoms with Crippen LogP contribution < -0.4 is 4.90 Å². The first-order chi connectivity index (χ1) is 15.2. The Labute approximate surface area is 184 Å². The molecule has 0 aliphatic carbocycles. The smallest absolute Gasteiger partial charge is 0.253 e. The number of amides is 2. The molecule has 0 radical (unpaired) electrons. The van der Waals surface area contributed by atoms with Gasteiger partial charge in [-0.15, -0.1) is 0 Å². The van der Waals surface area contributed by atoms with Crippen LogP contribution in [-0.2, 0) is 4.79 Å². The molecule has 0 unspecified atom stereocenters. The molecule has 31 heavy (non-hydrogen) atoms. The van der Waals surface area contributed by atoms with Crippen LogP contribution >= 0.6 is 0 Å². The number of hydrogen-bond donors (Lipinski definition) is 0. The molecule has 162 valence electrons. The number of carbonyl (C=O) groups is 2. The molecule has 2 amide bonds. The second kappa shape index (κ2) is 10.3. The zero-order valence-corrected chi connectivity index (χ0v) is 18.1. The third-order valence-electron chi connectivity index (χ3n) is 6.18. The van der Waals surface area contributed by atoms with E-state index in [1.54, 1.807) is 6.08 Å². The normalized spacial score (nSPS) is 17.6. The lowest BCUT2D eigenvalue weighted by molar-refractivity contribution is -0.127. The quantitative estimate of drug-likeness (QED) is 0.705. The Morgan fingerprint density at radius 1 is 0.677 bits per heavy atom. The molecule has 0 bridgehead atoms. The lowest BCUT2D eigenvalue weighted by Gasteiger charge is -2.34. The lowest BCUT2D eigenvalue weighted by Crippen LogP contribution is -2.50. The first kappa shape index (κ1) is 21.2. The van der Waals surface area contributed by atoms with Crippen LogP contribution in [-0.4, -0.2) is 60.9 Å². The SMILES string of the molecule is O=C(/C=C/c1ccc(N2CCCCCC2)cc1)N1CCN(C(=O)c2ccccc2)CC1. The van der Waals surface area contributed by atoms with E-state index in [0.717, 1.165) is 18.7 Å². The van der Waals surface area contributed by atoms with Crippen LogP contribution in [0.5, 0.6) is 0 Å². The molecule has 0 spiro atoms. The zero-order valence-electron chi connectivity index (χ0n) is 18.1. The van der Waals surface area contributed by atoms with E-state index in [1.807, 2.05) is 46.2 Å². The summed E-state index contributed by atoms with van der Waals surface area (Å²) in [5, 5.41) is 0. The molecule has 2 saturated heterocycles. The third kappa shape index (κ3) is 5.54. The van der Waals surface area contributed by atoms with Gasteiger partial charge in [0.1, 0.15) is 0 Å². The average Bonchev–Trinajstić information content (AvgIpc) is 3.13. The van der Waals surface area contributed by atoms with Crippen molar-refractivity contribution in [3.8, 4) is 0 Å². The molecule has 0 N–H and O–H groups in total. The summed E-state index contributed by atoms with van der Waals surface area (Å²) in [7, 11) is 0. The first-order valence-electron chi connectivity index (χ1n) is 11.4. The third-order valence-corrected chi connectivity index (χ3v) is 6.18. The maximum absolute atomic E-state index is 12.6. The summed E-state index contributed by atoms with van der Waals surface area (Å²) in [4.78, 5) is 31.3. The second-order valence-electron chi connectivity index (χ2n) is 8.31. The van der Waals surface area contributed by atoms with Gasteiger partial charge in [0, 0.05) is 56.6 Å². The second-order valence-corrected chi connectivity index (χ2v) is 8.31. The molecular weight excluding hydrogens is 386 g/mol. The first-order valence-corrected chi connectivity index (χ1v) is 11.4. The summed E-state index contributed by atoms with van der Waals surface area (Å²) in [6, 6.07) is 17.8. The molecule has 2 aliphatic heterocycles. The van der Waals surface area contributed by atoms with Gasteiger partial charge in [0.05, 0.1) is 0 Å². The molecule has 4 rings (SSSR count). The number of piperazine rings is 1. The molecule has 0 aromatic heterocycles. The van der Waals surface area contributed by atoms with Gasteiger partial charge in [0.2, 0.25) is 5.91 Å². The Kier molecular flexibility index (Phi) is 7.03. The average molecular weight is 418 g/mol. The number of rotatable bonds is 4. The van der Waals surface area contributed by atoms with E-state index in [9.17, 15) is 9.59 Å². The maximum Gasteiger partial charge on any atom is 0.253 e. The highest BCUT2D eigenvalue weighted by Gasteiger charge is 2.23. The van der Waals surface area contributed by atoms with Gasteiger partial charge in [-0.05, 0) is 48.7 Å². The topological polar surface area (TPSA) is 43.9 Å². The maximum atomic E-state index is 12.6. The summed E-state index contributed by atoms with van der Waals surface area (Å²) in [6.45, 7) is 4.53. The molecule has 2 heterocycles. The van der Waals surface area contributed by atoms with Crippen molar-refractivity contribution in [2.45, 2.75) is 25.7 Å². The molecular formula is C26H31N3O2. The van der Waals surface area contributed by atoms with Crippen molar-refractivity contribution in [1.29, 1.82) is 0 Å². The number of nitrogens with zero attached hydrogens (tertiary/aromatic N) is 3. The summed E-state index contributed by atoms with van der Waals surface area (Å²) < 4.78 is 0. The van der Waals surface area contributed by atoms with E-state index in [0.29, 0.717) is 31.7 Å². The Balaban J connectivity index is 1.28. The van der Waals surface area contributed by atoms with Crippen LogP contribution in [0.2, 0.25) is 0 Å². The fourth-order valence-corrected chi connectivity index (χ4v) is 4.29. The van der Waals surface area contributed by atoms with E-state index >= 15 is 0 Å². The van der Waals surface area contributed by atoms with Gasteiger partial charge in [-0.3, -0.25) is 9.59 Å². The number of carbonyl (C=O) groups excluding carboxylic acids is 2. The van der Waals surface area contributed by atoms with Crippen molar-refractivity contribution in [3.05, 3.63) is 71.8 Å². The number of hydrogen-bond acceptors (Lipinski definition) is 3. The van der Waals surface area contributed by atoms with Crippen molar-refractivity contribution >= 4 is 23.6 Å². The van der Waals surface area contributed by atoms with Gasteiger partial charge in [-0.25, -0.2) is 0 Å². The highest BCUT2D eigenvalue weighted by Crippen LogP contribution is 2.20. The van der Waals surface area contributed by atoms with Gasteiger partial charge < -0.3 is 14.7 Å². The lowest BCUT2D eigenvalue weighted by atomic mass is 10.1. The van der Waals surface area contributed by atoms with Gasteiger partial charge in [-0.2, -0.15) is 0 Å². The fourth-order valence-electron chi connectivity index (χ4n) is 4.29. The van der Waals surface area contributed by atoms with Crippen molar-refractivity contribution in [1.82, 2.24) is 9.80 Å². The molecule has 2 aliphatic rings. The summed E-state index contributed by atoms with van der Waals surface area (Å²) in [6.07, 6.45) is 8.72. The zero-order chi connectivity index (χ0) is 21.5. The van der Waals surface area contributed by atoms with Gasteiger partial charge in [0.15, 0.2) is 0 Å². The molecule has 2 aromatic rings. The van der Waals surface area contributed by atoms with Crippen LogP contribution in [0.1, 0.15) is 41.6 Å². The number of benzene rings is 2. The molecule has 5 heteroatoms. The minimum absolute atomic E-state index is 0.00315. The standard InChI is InChI=1S/C26H31N3O2/c30-25(28-18-20-29(21-19-28)26(31)23-8-4-3-5-9-23)15-12-22-10-13-24(14-11-22)27-16-6-1-2-7-17-27/h3-5,8-15H,1-2,6-7,16-21H2/b15-12+. The molecule has 0 atom stereocenters. The van der Waals surface area contributed by atoms with Gasteiger partial charge in [0.25, 0.3) is 5.91 Å². The summed E-state index contributed by atoms with van der Waals surface area (Å²) in [5.41, 5.74) is 3.00. The molecule has 2 fully saturated rings. The summed E-state index contributed by atoms with van der Waals surface area (Å²) in [5.74, 6) is 0.0381. The molecule has 2 aromatic carbocycles. The van der Waals surface area contributed by atoms with E-state index < -0.39 is 0 Å². The van der Waals surface area contributed by atoms with Crippen molar-refractivity contribution < 1.29 is 9.59 Å². The van der Waals surface area contributed by atoms with Gasteiger partial charge >= 0.3 is 0 Å². The monoisotopic (exact) mass is 417 g/mol. The van der Waals surface area contributed by atoms with Crippen LogP contribution in [0.15, 0.2) is 60.7 Å². The Bertz CT molecular complexity index is 892. The van der Waals surface area contributed by atoms with Gasteiger partial charge in [-0.1, -0.05) is 43.2 Å². The Morgan fingerprint density at radius 3 is 1.94 bits per heavy atom. The van der Waals surface area contributed by atoms with Crippen LogP contribution in [0.3, 0.4) is 0 Å². The van der Waals surface area contributed by atoms with E-state index in [-0.39, 0.29) is 11.8 Å². The number of anilines is 1. The summed E-state index contributed by atoms with van der Waals surface area (Å²) >= 11 is 0. The fraction of sp³-hybridized carbons (Fsp3) is 0.385. The predicted molar refractivity (Wildman–Crippen MR) is 125 cm³/mol. The van der Waals surface area contributed by atoms with Crippen LogP contribution in [0, 0.1) is 0 Å². The van der Waals surface area contributed by atoms with Crippen molar-refractivity contribution in [3.63, 3.8) is 0 Å². The van der Waals surface area contributed by atoms with Crippen molar-refractivity contribution in [2.75, 3.05) is 44.2 Å². The predicted octanol–water partition coefficient (Wildman–Crippen LogP) is 4.06. The van der Waals surface area contributed by atoms with Crippen molar-refractivity contribution in [2.24, 2.45) is 0 Å². The highest BCUT2D eigenvalue weighted by atomic mass is 16.2. The van der Waals surface area contributed by atoms with E-state index in [1.165, 1.54) is 31.4 Å². The Hall–Kier alpha value is -3.08. The molecule has 0 saturated carbocycles. The van der Waals surface area contributed by atoms with Crippen LogP contribution in [0.25, 0.3) is 6.08 Å². The molecule has 5 nitrogen and oxygen atoms in total. The van der Waals surface area contributed by atoms with E-state index in [2.05, 4.69) is 29.2 Å². The Morgan fingerprint density at radius 2 is 1.29 bits per heavy atom. The minimum Gasteiger partial charge on any atom is -0.372 e. The van der Waals surface area contributed by atoms with Crippen LogP contribution in [0.4, 0.5) is 5.69 Å². The van der Waals surface area contributed by atoms with E-state index in [4.69, 9.17) is 0 Å². The minimum atomic E-state index is 0.00315.